The number of nitrogens with one attached hydrogen (secondary N) is 1. The van der Waals surface area contributed by atoms with Gasteiger partial charge in [0.25, 0.3) is 0 Å². The van der Waals surface area contributed by atoms with E-state index in [0.717, 1.165) is 54.6 Å². The zero-order valence-corrected chi connectivity index (χ0v) is 24.1. The summed E-state index contributed by atoms with van der Waals surface area (Å²) < 4.78 is 2.06. The molecule has 6 rings (SSSR count). The molecule has 8 nitrogen and oxygen atoms in total. The maximum atomic E-state index is 6.00. The Hall–Kier alpha value is -3.23. The number of imidazole rings is 1. The lowest BCUT2D eigenvalue weighted by Crippen LogP contribution is -2.47. The predicted molar refractivity (Wildman–Crippen MR) is 164 cm³/mol. The van der Waals surface area contributed by atoms with E-state index in [1.807, 2.05) is 18.6 Å². The number of aryl methyl sites for hydroxylation is 1. The van der Waals surface area contributed by atoms with Gasteiger partial charge in [-0.3, -0.25) is 9.39 Å². The molecule has 0 bridgehead atoms. The fourth-order valence-electron chi connectivity index (χ4n) is 7.04. The Morgan fingerprint density at radius 3 is 2.55 bits per heavy atom. The summed E-state index contributed by atoms with van der Waals surface area (Å²) >= 11 is 0. The number of allylic oxidation sites excluding steroid dienone is 1. The molecule has 3 fully saturated rings. The number of nitrogens with zero attached hydrogens (tertiary/aromatic N) is 6. The van der Waals surface area contributed by atoms with Crippen molar-refractivity contribution >= 4 is 17.7 Å². The molecule has 212 valence electrons. The van der Waals surface area contributed by atoms with Crippen molar-refractivity contribution in [3.05, 3.63) is 60.3 Å². The topological polar surface area (TPSA) is 87.1 Å². The first-order chi connectivity index (χ1) is 19.5. The zero-order chi connectivity index (χ0) is 27.5. The van der Waals surface area contributed by atoms with Gasteiger partial charge in [-0.1, -0.05) is 23.8 Å². The van der Waals surface area contributed by atoms with E-state index in [1.165, 1.54) is 57.2 Å². The van der Waals surface area contributed by atoms with Crippen LogP contribution < -0.4 is 11.1 Å². The number of hydrogen-bond donors (Lipinski definition) is 2. The molecular formula is C32H44N8. The predicted octanol–water partition coefficient (Wildman–Crippen LogP) is 5.11. The van der Waals surface area contributed by atoms with E-state index in [9.17, 15) is 0 Å². The van der Waals surface area contributed by atoms with E-state index in [2.05, 4.69) is 62.7 Å². The van der Waals surface area contributed by atoms with Gasteiger partial charge in [0.2, 0.25) is 0 Å². The summed E-state index contributed by atoms with van der Waals surface area (Å²) in [6, 6.07) is 9.52. The van der Waals surface area contributed by atoms with Crippen molar-refractivity contribution in [2.45, 2.75) is 70.4 Å². The average molecular weight is 541 g/mol. The Labute approximate surface area is 238 Å². The minimum atomic E-state index is 0.333. The van der Waals surface area contributed by atoms with Gasteiger partial charge in [0, 0.05) is 49.5 Å². The number of fused-ring (bicyclic) bond motifs is 1. The Bertz CT molecular complexity index is 1350. The van der Waals surface area contributed by atoms with Crippen LogP contribution in [-0.4, -0.2) is 75.7 Å². The first-order valence-electron chi connectivity index (χ1n) is 15.1. The molecule has 2 aromatic heterocycles. The molecular weight excluding hydrogens is 496 g/mol. The summed E-state index contributed by atoms with van der Waals surface area (Å²) in [4.78, 5) is 19.4. The normalized spacial score (nSPS) is 22.0. The van der Waals surface area contributed by atoms with Crippen molar-refractivity contribution in [2.24, 2.45) is 16.1 Å². The molecule has 2 saturated heterocycles. The molecule has 0 amide bonds. The molecule has 0 atom stereocenters. The van der Waals surface area contributed by atoms with Crippen molar-refractivity contribution in [3.8, 4) is 11.3 Å². The molecule has 1 saturated carbocycles. The van der Waals surface area contributed by atoms with Crippen LogP contribution in [0.25, 0.3) is 16.9 Å². The molecule has 1 spiro atoms. The average Bonchev–Trinajstić information content (AvgIpc) is 3.48. The smallest absolute Gasteiger partial charge is 0.180 e. The van der Waals surface area contributed by atoms with E-state index >= 15 is 0 Å². The number of benzene rings is 1. The summed E-state index contributed by atoms with van der Waals surface area (Å²) in [5.41, 5.74) is 11.5. The molecule has 1 aromatic carbocycles. The molecule has 2 aliphatic heterocycles. The highest BCUT2D eigenvalue weighted by Gasteiger charge is 2.39. The first kappa shape index (κ1) is 27.0. The van der Waals surface area contributed by atoms with Crippen LogP contribution in [-0.2, 0) is 0 Å². The number of piperidine rings is 2. The number of aromatic nitrogens is 3. The monoisotopic (exact) mass is 540 g/mol. The van der Waals surface area contributed by atoms with E-state index in [0.29, 0.717) is 17.3 Å². The lowest BCUT2D eigenvalue weighted by molar-refractivity contribution is 0.0323. The van der Waals surface area contributed by atoms with Crippen LogP contribution in [0, 0.1) is 12.3 Å². The van der Waals surface area contributed by atoms with Gasteiger partial charge in [-0.15, -0.1) is 0 Å². The van der Waals surface area contributed by atoms with Crippen molar-refractivity contribution in [2.75, 3.05) is 38.5 Å². The van der Waals surface area contributed by atoms with Gasteiger partial charge in [-0.05, 0) is 89.9 Å². The van der Waals surface area contributed by atoms with Crippen LogP contribution >= 0.6 is 0 Å². The maximum Gasteiger partial charge on any atom is 0.180 e. The van der Waals surface area contributed by atoms with Gasteiger partial charge in [0.05, 0.1) is 23.6 Å². The van der Waals surface area contributed by atoms with Crippen molar-refractivity contribution in [1.29, 1.82) is 0 Å². The highest BCUT2D eigenvalue weighted by atomic mass is 15.2. The highest BCUT2D eigenvalue weighted by molar-refractivity contribution is 5.85. The van der Waals surface area contributed by atoms with E-state index in [4.69, 9.17) is 15.7 Å². The molecule has 0 radical (unpaired) electrons. The second kappa shape index (κ2) is 11.7. The van der Waals surface area contributed by atoms with Gasteiger partial charge in [-0.2, -0.15) is 0 Å². The van der Waals surface area contributed by atoms with E-state index in [-0.39, 0.29) is 0 Å². The Morgan fingerprint density at radius 1 is 1.05 bits per heavy atom. The van der Waals surface area contributed by atoms with Crippen LogP contribution in [0.5, 0.6) is 0 Å². The quantitative estimate of drug-likeness (QED) is 0.423. The maximum absolute atomic E-state index is 6.00. The molecule has 40 heavy (non-hydrogen) atoms. The Morgan fingerprint density at radius 2 is 1.82 bits per heavy atom. The fraction of sp³-hybridized carbons (Fsp3) is 0.531. The van der Waals surface area contributed by atoms with Crippen molar-refractivity contribution < 1.29 is 0 Å². The van der Waals surface area contributed by atoms with Crippen molar-refractivity contribution in [3.63, 3.8) is 0 Å². The minimum Gasteiger partial charge on any atom is -0.403 e. The molecule has 3 aromatic rings. The summed E-state index contributed by atoms with van der Waals surface area (Å²) in [5.74, 6) is 0.666. The third-order valence-corrected chi connectivity index (χ3v) is 9.69. The summed E-state index contributed by atoms with van der Waals surface area (Å²) in [6.45, 7) is 6.95. The lowest BCUT2D eigenvalue weighted by atomic mass is 9.66. The number of likely N-dealkylation sites (tertiary alicyclic amines) is 2. The third kappa shape index (κ3) is 5.79. The molecule has 3 aliphatic rings. The molecule has 3 N–H and O–H groups in total. The second-order valence-electron chi connectivity index (χ2n) is 12.3. The van der Waals surface area contributed by atoms with Crippen LogP contribution in [0.15, 0.2) is 59.7 Å². The van der Waals surface area contributed by atoms with Gasteiger partial charge < -0.3 is 20.9 Å². The SMILES string of the molecule is Cc1cccc(-c2cnc(NC(C=NC3CCN(C4CCC5(CC4)CCN(C)CC5)CC3)=CN)c3nccn23)c1. The molecule has 1 aliphatic carbocycles. The number of aliphatic imine (C=N–C) groups is 1. The fourth-order valence-corrected chi connectivity index (χ4v) is 7.04. The van der Waals surface area contributed by atoms with E-state index < -0.39 is 0 Å². The van der Waals surface area contributed by atoms with E-state index in [1.54, 1.807) is 12.4 Å². The van der Waals surface area contributed by atoms with Crippen LogP contribution in [0.1, 0.15) is 56.9 Å². The lowest BCUT2D eigenvalue weighted by Gasteiger charge is -2.48. The Kier molecular flexibility index (Phi) is 7.89. The second-order valence-corrected chi connectivity index (χ2v) is 12.3. The minimum absolute atomic E-state index is 0.333. The molecule has 4 heterocycles. The Balaban J connectivity index is 1.03. The van der Waals surface area contributed by atoms with Gasteiger partial charge in [0.15, 0.2) is 11.5 Å². The third-order valence-electron chi connectivity index (χ3n) is 9.69. The largest absolute Gasteiger partial charge is 0.403 e. The number of rotatable bonds is 6. The van der Waals surface area contributed by atoms with Crippen molar-refractivity contribution in [1.82, 2.24) is 24.2 Å². The highest BCUT2D eigenvalue weighted by Crippen LogP contribution is 2.45. The van der Waals surface area contributed by atoms with Gasteiger partial charge in [-0.25, -0.2) is 9.97 Å². The first-order valence-corrected chi connectivity index (χ1v) is 15.1. The standard InChI is InChI=1S/C32H44N8/c1-24-4-3-5-25(20-24)29-23-36-30(31-34-14-19-40(29)31)37-27(21-33)22-35-26-8-15-39(16-9-26)28-6-10-32(11-7-28)12-17-38(2)18-13-32/h3-5,14,19-23,26,28H,6-13,15-18,33H2,1-2H3,(H,36,37). The van der Waals surface area contributed by atoms with Crippen LogP contribution in [0.2, 0.25) is 0 Å². The molecule has 8 heteroatoms. The summed E-state index contributed by atoms with van der Waals surface area (Å²) in [6.07, 6.45) is 19.7. The van der Waals surface area contributed by atoms with Gasteiger partial charge in [0.1, 0.15) is 0 Å². The summed E-state index contributed by atoms with van der Waals surface area (Å²) in [7, 11) is 2.27. The summed E-state index contributed by atoms with van der Waals surface area (Å²) in [5, 5.41) is 3.36. The number of nitrogens with two attached hydrogens (primary N) is 1. The number of hydrogen-bond acceptors (Lipinski definition) is 7. The van der Waals surface area contributed by atoms with Gasteiger partial charge >= 0.3 is 0 Å². The molecule has 0 unspecified atom stereocenters. The van der Waals surface area contributed by atoms with Crippen LogP contribution in [0.4, 0.5) is 5.82 Å². The number of anilines is 1. The zero-order valence-electron chi connectivity index (χ0n) is 24.1. The van der Waals surface area contributed by atoms with Crippen LogP contribution in [0.3, 0.4) is 0 Å².